The van der Waals surface area contributed by atoms with Crippen molar-refractivity contribution >= 4 is 11.6 Å². The van der Waals surface area contributed by atoms with E-state index in [-0.39, 0.29) is 24.3 Å². The number of aromatic nitrogens is 1. The van der Waals surface area contributed by atoms with Crippen LogP contribution in [0.1, 0.15) is 37.2 Å². The van der Waals surface area contributed by atoms with E-state index in [1.54, 1.807) is 32.0 Å². The molecule has 32 heavy (non-hydrogen) atoms. The molecule has 174 valence electrons. The monoisotopic (exact) mass is 453 g/mol. The lowest BCUT2D eigenvalue weighted by Gasteiger charge is -2.37. The fraction of sp³-hybridized carbons (Fsp3) is 0.478. The maximum absolute atomic E-state index is 15.4. The predicted octanol–water partition coefficient (Wildman–Crippen LogP) is 4.69. The highest BCUT2D eigenvalue weighted by atomic mass is 19.4. The highest BCUT2D eigenvalue weighted by molar-refractivity contribution is 5.78. The van der Waals surface area contributed by atoms with E-state index >= 15 is 4.39 Å². The first-order chi connectivity index (χ1) is 14.9. The number of ether oxygens (including phenoxy) is 1. The molecule has 1 fully saturated rings. The van der Waals surface area contributed by atoms with Gasteiger partial charge in [0.15, 0.2) is 0 Å². The normalized spacial score (nSPS) is 19.2. The van der Waals surface area contributed by atoms with Gasteiger partial charge in [0.1, 0.15) is 12.2 Å². The summed E-state index contributed by atoms with van der Waals surface area (Å²) in [6.45, 7) is 8.29. The zero-order chi connectivity index (χ0) is 23.6. The number of anilines is 1. The fourth-order valence-corrected chi connectivity index (χ4v) is 4.10. The smallest absolute Gasteiger partial charge is 0.372 e. The van der Waals surface area contributed by atoms with Crippen molar-refractivity contribution < 1.29 is 27.1 Å². The first-order valence-electron chi connectivity index (χ1n) is 10.4. The third-order valence-corrected chi connectivity index (χ3v) is 5.15. The summed E-state index contributed by atoms with van der Waals surface area (Å²) in [4.78, 5) is 18.1. The minimum absolute atomic E-state index is 0.0538. The summed E-state index contributed by atoms with van der Waals surface area (Å²) < 4.78 is 58.9. The Hall–Kier alpha value is -2.68. The quantitative estimate of drug-likeness (QED) is 0.668. The highest BCUT2D eigenvalue weighted by Gasteiger charge is 2.31. The van der Waals surface area contributed by atoms with Crippen LogP contribution in [0, 0.1) is 19.7 Å². The van der Waals surface area contributed by atoms with Crippen molar-refractivity contribution in [2.75, 3.05) is 18.0 Å². The number of halogens is 4. The fourth-order valence-electron chi connectivity index (χ4n) is 4.10. The number of nitrogens with zero attached hydrogens (tertiary/aromatic N) is 2. The number of alkyl halides is 3. The van der Waals surface area contributed by atoms with E-state index in [9.17, 15) is 18.0 Å². The van der Waals surface area contributed by atoms with Crippen LogP contribution in [-0.4, -0.2) is 42.4 Å². The molecule has 0 spiro atoms. The largest absolute Gasteiger partial charge is 0.397 e. The van der Waals surface area contributed by atoms with Gasteiger partial charge in [-0.15, -0.1) is 0 Å². The van der Waals surface area contributed by atoms with E-state index in [0.29, 0.717) is 41.3 Å². The Bertz CT molecular complexity index is 964. The third kappa shape index (κ3) is 6.18. The predicted molar refractivity (Wildman–Crippen MR) is 114 cm³/mol. The Morgan fingerprint density at radius 2 is 1.72 bits per heavy atom. The number of carbonyl (C=O) groups is 1. The van der Waals surface area contributed by atoms with Crippen LogP contribution >= 0.6 is 0 Å². The number of morpholine rings is 1. The van der Waals surface area contributed by atoms with Crippen molar-refractivity contribution in [1.29, 1.82) is 0 Å². The first-order valence-corrected chi connectivity index (χ1v) is 10.4. The molecular formula is C23H27F4N3O2. The number of nitrogens with one attached hydrogen (secondary N) is 1. The van der Waals surface area contributed by atoms with E-state index in [4.69, 9.17) is 4.74 Å². The standard InChI is InChI=1S/C23H27F4N3O2/c1-13-5-17(6-14(2)29-13)22-18(10-28-21(31)9-23(25,26)27)7-19(8-20(22)24)30-11-15(3)32-16(4)12-30/h5-8,15-16H,9-12H2,1-4H3,(H,28,31)/t15-,16+. The number of pyridine rings is 1. The topological polar surface area (TPSA) is 54.5 Å². The van der Waals surface area contributed by atoms with Crippen molar-refractivity contribution in [3.63, 3.8) is 0 Å². The summed E-state index contributed by atoms with van der Waals surface area (Å²) in [5.74, 6) is -1.68. The van der Waals surface area contributed by atoms with Gasteiger partial charge in [-0.1, -0.05) is 0 Å². The molecule has 3 rings (SSSR count). The van der Waals surface area contributed by atoms with E-state index < -0.39 is 24.3 Å². The van der Waals surface area contributed by atoms with Crippen LogP contribution in [0.2, 0.25) is 0 Å². The molecule has 1 aliphatic heterocycles. The summed E-state index contributed by atoms with van der Waals surface area (Å²) in [5.41, 5.74) is 3.16. The van der Waals surface area contributed by atoms with Crippen LogP contribution in [0.15, 0.2) is 24.3 Å². The molecule has 1 aromatic carbocycles. The summed E-state index contributed by atoms with van der Waals surface area (Å²) in [5, 5.41) is 2.29. The molecule has 0 radical (unpaired) electrons. The molecule has 1 N–H and O–H groups in total. The van der Waals surface area contributed by atoms with Gasteiger partial charge in [-0.05, 0) is 63.1 Å². The Balaban J connectivity index is 2.00. The number of aryl methyl sites for hydroxylation is 2. The molecule has 0 bridgehead atoms. The van der Waals surface area contributed by atoms with Gasteiger partial charge in [0.25, 0.3) is 0 Å². The van der Waals surface area contributed by atoms with Crippen molar-refractivity contribution in [1.82, 2.24) is 10.3 Å². The molecule has 0 saturated carbocycles. The lowest BCUT2D eigenvalue weighted by Crippen LogP contribution is -2.45. The van der Waals surface area contributed by atoms with E-state index in [2.05, 4.69) is 10.3 Å². The molecule has 2 aromatic rings. The summed E-state index contributed by atoms with van der Waals surface area (Å²) in [7, 11) is 0. The second kappa shape index (κ2) is 9.44. The lowest BCUT2D eigenvalue weighted by molar-refractivity contribution is -0.153. The van der Waals surface area contributed by atoms with Crippen LogP contribution in [-0.2, 0) is 16.1 Å². The number of benzene rings is 1. The van der Waals surface area contributed by atoms with Crippen LogP contribution in [0.4, 0.5) is 23.2 Å². The van der Waals surface area contributed by atoms with Gasteiger partial charge >= 0.3 is 6.18 Å². The third-order valence-electron chi connectivity index (χ3n) is 5.15. The van der Waals surface area contributed by atoms with Crippen molar-refractivity contribution in [2.24, 2.45) is 0 Å². The second-order valence-electron chi connectivity index (χ2n) is 8.33. The molecule has 1 saturated heterocycles. The molecule has 0 unspecified atom stereocenters. The summed E-state index contributed by atoms with van der Waals surface area (Å²) >= 11 is 0. The molecule has 9 heteroatoms. The van der Waals surface area contributed by atoms with Crippen LogP contribution in [0.5, 0.6) is 0 Å². The van der Waals surface area contributed by atoms with Crippen molar-refractivity contribution in [3.05, 3.63) is 47.0 Å². The first kappa shape index (κ1) is 24.0. The lowest BCUT2D eigenvalue weighted by atomic mass is 9.97. The molecule has 5 nitrogen and oxygen atoms in total. The number of hydrogen-bond acceptors (Lipinski definition) is 4. The van der Waals surface area contributed by atoms with Gasteiger partial charge in [0.2, 0.25) is 5.91 Å². The SMILES string of the molecule is Cc1cc(-c2c(F)cc(N3C[C@@H](C)O[C@@H](C)C3)cc2CNC(=O)CC(F)(F)F)cc(C)n1. The molecular weight excluding hydrogens is 426 g/mol. The maximum Gasteiger partial charge on any atom is 0.397 e. The number of hydrogen-bond donors (Lipinski definition) is 1. The Labute approximate surface area is 184 Å². The summed E-state index contributed by atoms with van der Waals surface area (Å²) in [6.07, 6.45) is -6.31. The van der Waals surface area contributed by atoms with Gasteiger partial charge in [0, 0.05) is 42.3 Å². The van der Waals surface area contributed by atoms with Gasteiger partial charge in [-0.3, -0.25) is 9.78 Å². The van der Waals surface area contributed by atoms with Gasteiger partial charge in [0.05, 0.1) is 12.2 Å². The minimum Gasteiger partial charge on any atom is -0.372 e. The molecule has 1 amide bonds. The van der Waals surface area contributed by atoms with Crippen LogP contribution < -0.4 is 10.2 Å². The van der Waals surface area contributed by atoms with E-state index in [1.165, 1.54) is 6.07 Å². The summed E-state index contributed by atoms with van der Waals surface area (Å²) in [6, 6.07) is 6.57. The maximum atomic E-state index is 15.4. The van der Waals surface area contributed by atoms with Crippen LogP contribution in [0.25, 0.3) is 11.1 Å². The van der Waals surface area contributed by atoms with Crippen molar-refractivity contribution in [3.8, 4) is 11.1 Å². The van der Waals surface area contributed by atoms with Crippen LogP contribution in [0.3, 0.4) is 0 Å². The van der Waals surface area contributed by atoms with E-state index in [1.807, 2.05) is 18.7 Å². The molecule has 0 aliphatic carbocycles. The minimum atomic E-state index is -4.61. The number of carbonyl (C=O) groups excluding carboxylic acids is 1. The van der Waals surface area contributed by atoms with Gasteiger partial charge < -0.3 is 15.0 Å². The Morgan fingerprint density at radius 1 is 1.12 bits per heavy atom. The molecule has 2 heterocycles. The average Bonchev–Trinajstić information content (AvgIpc) is 2.63. The van der Waals surface area contributed by atoms with Crippen molar-refractivity contribution in [2.45, 2.75) is 59.0 Å². The van der Waals surface area contributed by atoms with Gasteiger partial charge in [-0.25, -0.2) is 4.39 Å². The highest BCUT2D eigenvalue weighted by Crippen LogP contribution is 2.33. The number of amides is 1. The second-order valence-corrected chi connectivity index (χ2v) is 8.33. The zero-order valence-electron chi connectivity index (χ0n) is 18.5. The molecule has 1 aliphatic rings. The zero-order valence-corrected chi connectivity index (χ0v) is 18.5. The average molecular weight is 453 g/mol. The number of rotatable bonds is 5. The Morgan fingerprint density at radius 3 is 2.28 bits per heavy atom. The Kier molecular flexibility index (Phi) is 7.07. The van der Waals surface area contributed by atoms with E-state index in [0.717, 1.165) is 0 Å². The van der Waals surface area contributed by atoms with Gasteiger partial charge in [-0.2, -0.15) is 13.2 Å². The molecule has 1 aromatic heterocycles. The molecule has 2 atom stereocenters.